The molecule has 52 heavy (non-hydrogen) atoms. The number of benzene rings is 4. The highest BCUT2D eigenvalue weighted by Gasteiger charge is 2.51. The third-order valence-electron chi connectivity index (χ3n) is 11.6. The van der Waals surface area contributed by atoms with Gasteiger partial charge in [0, 0.05) is 29.8 Å². The Morgan fingerprint density at radius 1 is 0.808 bits per heavy atom. The number of amides is 2. The molecule has 4 saturated carbocycles. The highest BCUT2D eigenvalue weighted by atomic mass is 32.2. The van der Waals surface area contributed by atoms with Crippen molar-refractivity contribution in [3.8, 4) is 11.1 Å². The quantitative estimate of drug-likeness (QED) is 0.124. The summed E-state index contributed by atoms with van der Waals surface area (Å²) in [4.78, 5) is 17.9. The first-order chi connectivity index (χ1) is 25.5. The molecule has 4 aliphatic carbocycles. The Labute approximate surface area is 313 Å². The van der Waals surface area contributed by atoms with Crippen LogP contribution in [0.1, 0.15) is 79.6 Å². The minimum atomic E-state index is -0.519. The van der Waals surface area contributed by atoms with Crippen LogP contribution in [0.5, 0.6) is 0 Å². The van der Waals surface area contributed by atoms with Crippen molar-refractivity contribution in [2.45, 2.75) is 86.5 Å². The zero-order valence-electron chi connectivity index (χ0n) is 29.2. The summed E-state index contributed by atoms with van der Waals surface area (Å²) in [6.45, 7) is 0.507. The lowest BCUT2D eigenvalue weighted by Gasteiger charge is -2.56. The molecule has 7 nitrogen and oxygen atoms in total. The normalized spacial score (nSPS) is 27.9. The molecule has 4 bridgehead atoms. The van der Waals surface area contributed by atoms with Crippen LogP contribution in [0.2, 0.25) is 0 Å². The third-order valence-corrected chi connectivity index (χ3v) is 13.9. The van der Waals surface area contributed by atoms with Gasteiger partial charge in [-0.15, -0.1) is 11.3 Å². The fourth-order valence-electron chi connectivity index (χ4n) is 9.52. The van der Waals surface area contributed by atoms with E-state index in [9.17, 15) is 9.90 Å². The Morgan fingerprint density at radius 3 is 2.27 bits per heavy atom. The van der Waals surface area contributed by atoms with Crippen molar-refractivity contribution in [3.05, 3.63) is 119 Å². The lowest BCUT2D eigenvalue weighted by molar-refractivity contribution is -0.245. The van der Waals surface area contributed by atoms with Crippen molar-refractivity contribution in [3.63, 3.8) is 0 Å². The largest absolute Gasteiger partial charge is 0.392 e. The molecule has 268 valence electrons. The lowest BCUT2D eigenvalue weighted by atomic mass is 9.53. The molecule has 0 spiro atoms. The summed E-state index contributed by atoms with van der Waals surface area (Å²) >= 11 is 3.46. The van der Waals surface area contributed by atoms with Gasteiger partial charge in [0.2, 0.25) is 0 Å². The number of nitrogens with one attached hydrogen (secondary N) is 2. The van der Waals surface area contributed by atoms with Gasteiger partial charge in [0.15, 0.2) is 10.6 Å². The molecule has 1 saturated heterocycles. The number of hydrogen-bond donors (Lipinski definition) is 3. The van der Waals surface area contributed by atoms with Crippen LogP contribution in [0.15, 0.2) is 101 Å². The first kappa shape index (κ1) is 34.1. The summed E-state index contributed by atoms with van der Waals surface area (Å²) in [6, 6.07) is 33.1. The van der Waals surface area contributed by atoms with Crippen molar-refractivity contribution >= 4 is 39.3 Å². The van der Waals surface area contributed by atoms with E-state index in [1.807, 2.05) is 30.3 Å². The van der Waals surface area contributed by atoms with E-state index in [0.717, 1.165) is 92.4 Å². The number of aromatic nitrogens is 1. The molecule has 5 aliphatic rings. The van der Waals surface area contributed by atoms with E-state index in [-0.39, 0.29) is 30.4 Å². The van der Waals surface area contributed by atoms with Gasteiger partial charge in [0.05, 0.1) is 29.0 Å². The predicted molar refractivity (Wildman–Crippen MR) is 207 cm³/mol. The van der Waals surface area contributed by atoms with E-state index in [1.54, 1.807) is 23.1 Å². The topological polar surface area (TPSA) is 92.7 Å². The predicted octanol–water partition coefficient (Wildman–Crippen LogP) is 9.56. The van der Waals surface area contributed by atoms with Crippen molar-refractivity contribution < 1.29 is 19.4 Å². The number of para-hydroxylation sites is 1. The third kappa shape index (κ3) is 7.39. The van der Waals surface area contributed by atoms with Gasteiger partial charge in [-0.1, -0.05) is 90.6 Å². The van der Waals surface area contributed by atoms with Crippen LogP contribution in [-0.2, 0) is 22.6 Å². The number of thiazole rings is 1. The van der Waals surface area contributed by atoms with Crippen molar-refractivity contribution in [1.29, 1.82) is 0 Å². The van der Waals surface area contributed by atoms with Crippen molar-refractivity contribution in [1.82, 2.24) is 15.6 Å². The number of fused-ring (bicyclic) bond motifs is 1. The maximum absolute atomic E-state index is 13.1. The molecule has 9 heteroatoms. The standard InChI is InChI=1S/C43H45N3O4S2/c47-25-27-8-10-33(11-9-27)38-20-36(26-51-42-45-37-6-1-2-7-39(37)52-42)49-40(50-38)34-14-12-32(13-15-34)35-5-3-4-28(19-35)24-44-41(48)46-43-21-29-16-30(22-43)18-31(17-29)23-43/h1-15,19,29-31,36,38,40,47H,16-18,20-26H2,(H2,44,46,48)/t29?,30?,31?,36-,38+,40+,43?/m0/s1. The molecular formula is C43H45N3O4S2. The van der Waals surface area contributed by atoms with Gasteiger partial charge < -0.3 is 25.2 Å². The second-order valence-electron chi connectivity index (χ2n) is 15.4. The highest BCUT2D eigenvalue weighted by Crippen LogP contribution is 2.55. The maximum atomic E-state index is 13.1. The van der Waals surface area contributed by atoms with E-state index >= 15 is 0 Å². The van der Waals surface area contributed by atoms with Gasteiger partial charge in [-0.3, -0.25) is 0 Å². The number of aliphatic hydroxyl groups excluding tert-OH is 1. The second kappa shape index (κ2) is 14.6. The summed E-state index contributed by atoms with van der Waals surface area (Å²) in [5.74, 6) is 3.16. The highest BCUT2D eigenvalue weighted by molar-refractivity contribution is 8.01. The molecule has 10 rings (SSSR count). The van der Waals surface area contributed by atoms with E-state index < -0.39 is 6.29 Å². The average molecular weight is 732 g/mol. The van der Waals surface area contributed by atoms with Gasteiger partial charge in [0.25, 0.3) is 0 Å². The molecule has 2 amide bonds. The number of urea groups is 1. The summed E-state index contributed by atoms with van der Waals surface area (Å²) in [5.41, 5.74) is 7.24. The van der Waals surface area contributed by atoms with Crippen molar-refractivity contribution in [2.75, 3.05) is 5.75 Å². The summed E-state index contributed by atoms with van der Waals surface area (Å²) < 4.78 is 15.5. The number of thioether (sulfide) groups is 1. The molecular weight excluding hydrogens is 687 g/mol. The number of ether oxygens (including phenoxy) is 2. The maximum Gasteiger partial charge on any atom is 0.315 e. The number of hydrogen-bond acceptors (Lipinski definition) is 7. The van der Waals surface area contributed by atoms with Gasteiger partial charge in [-0.05, 0) is 102 Å². The summed E-state index contributed by atoms with van der Waals surface area (Å²) in [5, 5.41) is 16.2. The monoisotopic (exact) mass is 731 g/mol. The first-order valence-electron chi connectivity index (χ1n) is 18.7. The lowest BCUT2D eigenvalue weighted by Crippen LogP contribution is -2.61. The smallest absolute Gasteiger partial charge is 0.315 e. The summed E-state index contributed by atoms with van der Waals surface area (Å²) in [7, 11) is 0. The van der Waals surface area contributed by atoms with Crippen LogP contribution in [0.3, 0.4) is 0 Å². The fraction of sp³-hybridized carbons (Fsp3) is 0.395. The van der Waals surface area contributed by atoms with E-state index in [0.29, 0.717) is 6.54 Å². The van der Waals surface area contributed by atoms with E-state index in [2.05, 4.69) is 77.4 Å². The number of rotatable bonds is 10. The molecule has 1 aliphatic heterocycles. The molecule has 2 heterocycles. The number of aliphatic hydroxyl groups is 1. The second-order valence-corrected chi connectivity index (χ2v) is 17.7. The molecule has 3 atom stereocenters. The first-order valence-corrected chi connectivity index (χ1v) is 20.5. The number of carbonyl (C=O) groups excluding carboxylic acids is 1. The van der Waals surface area contributed by atoms with Crippen LogP contribution < -0.4 is 10.6 Å². The Hall–Kier alpha value is -3.73. The van der Waals surface area contributed by atoms with Crippen LogP contribution >= 0.6 is 23.1 Å². The van der Waals surface area contributed by atoms with Gasteiger partial charge in [0.1, 0.15) is 0 Å². The van der Waals surface area contributed by atoms with Crippen molar-refractivity contribution in [2.24, 2.45) is 17.8 Å². The Kier molecular flexibility index (Phi) is 9.56. The van der Waals surface area contributed by atoms with E-state index in [1.165, 1.54) is 24.0 Å². The van der Waals surface area contributed by atoms with Gasteiger partial charge in [-0.2, -0.15) is 0 Å². The average Bonchev–Trinajstić information content (AvgIpc) is 3.59. The zero-order chi connectivity index (χ0) is 35.1. The Bertz CT molecular complexity index is 1960. The minimum absolute atomic E-state index is 0.00795. The number of carbonyl (C=O) groups is 1. The number of nitrogens with zero attached hydrogens (tertiary/aromatic N) is 1. The Balaban J connectivity index is 0.861. The molecule has 1 aromatic heterocycles. The van der Waals surface area contributed by atoms with Crippen LogP contribution in [-0.4, -0.2) is 33.5 Å². The van der Waals surface area contributed by atoms with Gasteiger partial charge >= 0.3 is 6.03 Å². The molecule has 4 aromatic carbocycles. The Morgan fingerprint density at radius 2 is 1.54 bits per heavy atom. The van der Waals surface area contributed by atoms with E-state index in [4.69, 9.17) is 14.5 Å². The SMILES string of the molecule is O=C(NCc1cccc(-c2ccc([C@@H]3O[C@H](CSc4nc5ccccc5s4)C[C@H](c4ccc(CO)cc4)O3)cc2)c1)NC12CC3CC(CC(C3)C1)C2. The summed E-state index contributed by atoms with van der Waals surface area (Å²) in [6.07, 6.45) is 7.57. The molecule has 3 N–H and O–H groups in total. The molecule has 5 aromatic rings. The zero-order valence-corrected chi connectivity index (χ0v) is 30.8. The molecule has 5 fully saturated rings. The minimum Gasteiger partial charge on any atom is -0.392 e. The molecule has 0 radical (unpaired) electrons. The van der Waals surface area contributed by atoms with Crippen LogP contribution in [0, 0.1) is 17.8 Å². The van der Waals surface area contributed by atoms with Crippen LogP contribution in [0.4, 0.5) is 4.79 Å². The molecule has 0 unspecified atom stereocenters. The fourth-order valence-corrected chi connectivity index (χ4v) is 11.6. The van der Waals surface area contributed by atoms with Crippen LogP contribution in [0.25, 0.3) is 21.3 Å². The van der Waals surface area contributed by atoms with Gasteiger partial charge in [-0.25, -0.2) is 9.78 Å².